The van der Waals surface area contributed by atoms with Crippen molar-refractivity contribution < 1.29 is 5.11 Å². The summed E-state index contributed by atoms with van der Waals surface area (Å²) in [5.74, 6) is 1.26. The molecular formula is C11H9BrOS2. The lowest BCUT2D eigenvalue weighted by atomic mass is 10.3. The minimum atomic E-state index is 0.324. The van der Waals surface area contributed by atoms with Crippen molar-refractivity contribution in [2.45, 2.75) is 10.6 Å². The molecule has 0 atom stereocenters. The molecule has 0 aliphatic rings. The average Bonchev–Trinajstić information content (AvgIpc) is 2.61. The second-order valence-electron chi connectivity index (χ2n) is 2.98. The van der Waals surface area contributed by atoms with Gasteiger partial charge in [-0.3, -0.25) is 0 Å². The largest absolute Gasteiger partial charge is 0.508 e. The topological polar surface area (TPSA) is 20.2 Å². The highest BCUT2D eigenvalue weighted by Gasteiger charge is 2.02. The molecule has 4 heteroatoms. The summed E-state index contributed by atoms with van der Waals surface area (Å²) in [6.45, 7) is 0. The molecule has 0 aliphatic heterocycles. The summed E-state index contributed by atoms with van der Waals surface area (Å²) in [7, 11) is 0. The van der Waals surface area contributed by atoms with Gasteiger partial charge in [0.2, 0.25) is 0 Å². The van der Waals surface area contributed by atoms with Gasteiger partial charge in [0.15, 0.2) is 0 Å². The molecule has 1 N–H and O–H groups in total. The number of aromatic hydroxyl groups is 1. The zero-order valence-corrected chi connectivity index (χ0v) is 11.0. The minimum absolute atomic E-state index is 0.324. The fourth-order valence-corrected chi connectivity index (χ4v) is 3.89. The van der Waals surface area contributed by atoms with Gasteiger partial charge in [-0.2, -0.15) is 0 Å². The molecule has 1 aromatic heterocycles. The van der Waals surface area contributed by atoms with Gasteiger partial charge >= 0.3 is 0 Å². The molecule has 0 saturated carbocycles. The van der Waals surface area contributed by atoms with Crippen molar-refractivity contribution in [2.24, 2.45) is 0 Å². The highest BCUT2D eigenvalue weighted by atomic mass is 79.9. The Labute approximate surface area is 105 Å². The fraction of sp³-hybridized carbons (Fsp3) is 0.0909. The maximum Gasteiger partial charge on any atom is 0.116 e. The Hall–Kier alpha value is -0.450. The first-order valence-electron chi connectivity index (χ1n) is 4.39. The Balaban J connectivity index is 2.02. The standard InChI is InChI=1S/C11H9BrOS2/c12-10-4-5-14-11(10)7-15-9-3-1-2-8(13)6-9/h1-6,13H,7H2. The van der Waals surface area contributed by atoms with Crippen LogP contribution in [0.1, 0.15) is 4.88 Å². The van der Waals surface area contributed by atoms with Gasteiger partial charge in [0.1, 0.15) is 5.75 Å². The molecule has 0 aliphatic carbocycles. The van der Waals surface area contributed by atoms with E-state index in [1.807, 2.05) is 12.1 Å². The van der Waals surface area contributed by atoms with Crippen LogP contribution in [0, 0.1) is 0 Å². The van der Waals surface area contributed by atoms with Crippen molar-refractivity contribution >= 4 is 39.0 Å². The van der Waals surface area contributed by atoms with Gasteiger partial charge in [0.05, 0.1) is 0 Å². The fourth-order valence-electron chi connectivity index (χ4n) is 1.15. The second kappa shape index (κ2) is 5.05. The molecule has 78 valence electrons. The van der Waals surface area contributed by atoms with Gasteiger partial charge in [-0.15, -0.1) is 23.1 Å². The molecule has 0 radical (unpaired) electrons. The van der Waals surface area contributed by atoms with Crippen molar-refractivity contribution in [3.8, 4) is 5.75 Å². The van der Waals surface area contributed by atoms with Crippen LogP contribution < -0.4 is 0 Å². The number of benzene rings is 1. The summed E-state index contributed by atoms with van der Waals surface area (Å²) in [6, 6.07) is 9.40. The van der Waals surface area contributed by atoms with Crippen molar-refractivity contribution in [3.05, 3.63) is 45.1 Å². The number of thiophene rings is 1. The monoisotopic (exact) mass is 300 g/mol. The van der Waals surface area contributed by atoms with Gasteiger partial charge in [-0.25, -0.2) is 0 Å². The van der Waals surface area contributed by atoms with E-state index >= 15 is 0 Å². The van der Waals surface area contributed by atoms with Crippen molar-refractivity contribution in [3.63, 3.8) is 0 Å². The van der Waals surface area contributed by atoms with Crippen LogP contribution in [0.25, 0.3) is 0 Å². The molecule has 1 nitrogen and oxygen atoms in total. The average molecular weight is 301 g/mol. The van der Waals surface area contributed by atoms with Crippen LogP contribution in [0.15, 0.2) is 45.1 Å². The smallest absolute Gasteiger partial charge is 0.116 e. The number of phenols is 1. The molecule has 2 aromatic rings. The number of hydrogen-bond donors (Lipinski definition) is 1. The highest BCUT2D eigenvalue weighted by molar-refractivity contribution is 9.10. The van der Waals surface area contributed by atoms with Gasteiger partial charge in [0.25, 0.3) is 0 Å². The Morgan fingerprint density at radius 2 is 2.20 bits per heavy atom. The van der Waals surface area contributed by atoms with Crippen molar-refractivity contribution in [2.75, 3.05) is 0 Å². The molecule has 0 bridgehead atoms. The normalized spacial score (nSPS) is 10.5. The van der Waals surface area contributed by atoms with Gasteiger partial charge in [-0.1, -0.05) is 6.07 Å². The van der Waals surface area contributed by atoms with Gasteiger partial charge < -0.3 is 5.11 Å². The van der Waals surface area contributed by atoms with E-state index < -0.39 is 0 Å². The maximum absolute atomic E-state index is 9.30. The van der Waals surface area contributed by atoms with E-state index in [9.17, 15) is 5.11 Å². The lowest BCUT2D eigenvalue weighted by Crippen LogP contribution is -1.76. The first kappa shape index (κ1) is 11.0. The third-order valence-electron chi connectivity index (χ3n) is 1.88. The third kappa shape index (κ3) is 3.00. The summed E-state index contributed by atoms with van der Waals surface area (Å²) < 4.78 is 1.17. The Kier molecular flexibility index (Phi) is 3.72. The quantitative estimate of drug-likeness (QED) is 0.842. The zero-order chi connectivity index (χ0) is 10.7. The second-order valence-corrected chi connectivity index (χ2v) is 5.88. The molecule has 0 fully saturated rings. The molecule has 0 amide bonds. The van der Waals surface area contributed by atoms with E-state index in [0.717, 1.165) is 10.6 Å². The first-order valence-corrected chi connectivity index (χ1v) is 7.05. The van der Waals surface area contributed by atoms with Crippen LogP contribution in [-0.4, -0.2) is 5.11 Å². The molecular weight excluding hydrogens is 292 g/mol. The van der Waals surface area contributed by atoms with Crippen LogP contribution in [-0.2, 0) is 5.75 Å². The Morgan fingerprint density at radius 3 is 2.87 bits per heavy atom. The number of phenolic OH excluding ortho intramolecular Hbond substituents is 1. The molecule has 2 rings (SSSR count). The van der Waals surface area contributed by atoms with E-state index in [0.29, 0.717) is 5.75 Å². The summed E-state index contributed by atoms with van der Waals surface area (Å²) >= 11 is 6.97. The molecule has 0 saturated heterocycles. The lowest BCUT2D eigenvalue weighted by Gasteiger charge is -2.01. The molecule has 0 spiro atoms. The molecule has 1 heterocycles. The lowest BCUT2D eigenvalue weighted by molar-refractivity contribution is 0.474. The van der Waals surface area contributed by atoms with Gasteiger partial charge in [-0.05, 0) is 45.6 Å². The van der Waals surface area contributed by atoms with E-state index in [1.54, 1.807) is 35.2 Å². The van der Waals surface area contributed by atoms with Crippen molar-refractivity contribution in [1.29, 1.82) is 0 Å². The van der Waals surface area contributed by atoms with Crippen LogP contribution in [0.3, 0.4) is 0 Å². The van der Waals surface area contributed by atoms with E-state index in [1.165, 1.54) is 9.35 Å². The van der Waals surface area contributed by atoms with Gasteiger partial charge in [0, 0.05) is 20.0 Å². The van der Waals surface area contributed by atoms with E-state index in [2.05, 4.69) is 27.4 Å². The minimum Gasteiger partial charge on any atom is -0.508 e. The Morgan fingerprint density at radius 1 is 1.33 bits per heavy atom. The van der Waals surface area contributed by atoms with Crippen LogP contribution in [0.5, 0.6) is 5.75 Å². The highest BCUT2D eigenvalue weighted by Crippen LogP contribution is 2.31. The molecule has 15 heavy (non-hydrogen) atoms. The summed E-state index contributed by atoms with van der Waals surface area (Å²) in [6.07, 6.45) is 0. The first-order chi connectivity index (χ1) is 7.25. The van der Waals surface area contributed by atoms with Crippen molar-refractivity contribution in [1.82, 2.24) is 0 Å². The molecule has 1 aromatic carbocycles. The maximum atomic E-state index is 9.30. The third-order valence-corrected chi connectivity index (χ3v) is 5.01. The van der Waals surface area contributed by atoms with Crippen LogP contribution in [0.2, 0.25) is 0 Å². The number of halogens is 1. The predicted octanol–water partition coefficient (Wildman–Crippen LogP) is 4.51. The summed E-state index contributed by atoms with van der Waals surface area (Å²) in [4.78, 5) is 2.42. The number of thioether (sulfide) groups is 1. The van der Waals surface area contributed by atoms with E-state index in [-0.39, 0.29) is 0 Å². The summed E-state index contributed by atoms with van der Waals surface area (Å²) in [5, 5.41) is 11.4. The number of rotatable bonds is 3. The Bertz CT molecular complexity index is 453. The van der Waals surface area contributed by atoms with Crippen LogP contribution >= 0.6 is 39.0 Å². The SMILES string of the molecule is Oc1cccc(SCc2sccc2Br)c1. The van der Waals surface area contributed by atoms with E-state index in [4.69, 9.17) is 0 Å². The zero-order valence-electron chi connectivity index (χ0n) is 7.81. The number of hydrogen-bond acceptors (Lipinski definition) is 3. The predicted molar refractivity (Wildman–Crippen MR) is 69.7 cm³/mol. The van der Waals surface area contributed by atoms with Crippen LogP contribution in [0.4, 0.5) is 0 Å². The molecule has 0 unspecified atom stereocenters. The summed E-state index contributed by atoms with van der Waals surface area (Å²) in [5.41, 5.74) is 0.